The molecule has 0 spiro atoms. The summed E-state index contributed by atoms with van der Waals surface area (Å²) >= 11 is 1.45. The smallest absolute Gasteiger partial charge is 0.242 e. The summed E-state index contributed by atoms with van der Waals surface area (Å²) < 4.78 is 31.8. The Morgan fingerprint density at radius 3 is 2.65 bits per heavy atom. The first-order valence-corrected chi connectivity index (χ1v) is 12.0. The molecule has 3 rings (SSSR count). The maximum atomic E-state index is 12.5. The van der Waals surface area contributed by atoms with Gasteiger partial charge in [-0.2, -0.15) is 0 Å². The highest BCUT2D eigenvalue weighted by Gasteiger charge is 2.20. The van der Waals surface area contributed by atoms with E-state index in [0.29, 0.717) is 23.6 Å². The van der Waals surface area contributed by atoms with Crippen molar-refractivity contribution in [1.29, 1.82) is 0 Å². The van der Waals surface area contributed by atoms with Gasteiger partial charge >= 0.3 is 0 Å². The Kier molecular flexibility index (Phi) is 7.09. The number of carbonyl (C=O) groups excluding carboxylic acids is 1. The molecule has 0 saturated carbocycles. The fourth-order valence-corrected chi connectivity index (χ4v) is 4.95. The van der Waals surface area contributed by atoms with Crippen molar-refractivity contribution < 1.29 is 17.9 Å². The number of anilines is 1. The van der Waals surface area contributed by atoms with E-state index in [0.717, 1.165) is 20.6 Å². The molecule has 0 bridgehead atoms. The van der Waals surface area contributed by atoms with Crippen LogP contribution in [0.15, 0.2) is 52.7 Å². The van der Waals surface area contributed by atoms with Gasteiger partial charge in [-0.25, -0.2) is 17.7 Å². The number of amides is 1. The van der Waals surface area contributed by atoms with E-state index in [1.54, 1.807) is 19.1 Å². The Hall–Kier alpha value is -2.75. The molecule has 0 fully saturated rings. The van der Waals surface area contributed by atoms with E-state index in [1.165, 1.54) is 31.5 Å². The van der Waals surface area contributed by atoms with E-state index in [9.17, 15) is 13.2 Å². The maximum Gasteiger partial charge on any atom is 0.242 e. The lowest BCUT2D eigenvalue weighted by atomic mass is 10.2. The molecule has 1 N–H and O–H groups in total. The molecule has 164 valence electrons. The van der Waals surface area contributed by atoms with Gasteiger partial charge in [0.05, 0.1) is 29.2 Å². The molecule has 9 heteroatoms. The van der Waals surface area contributed by atoms with Gasteiger partial charge in [-0.1, -0.05) is 18.2 Å². The monoisotopic (exact) mass is 459 g/mol. The first-order chi connectivity index (χ1) is 14.7. The summed E-state index contributed by atoms with van der Waals surface area (Å²) in [5.74, 6) is 0.483. The molecule has 0 aliphatic heterocycles. The summed E-state index contributed by atoms with van der Waals surface area (Å²) in [5.41, 5.74) is 2.56. The fraction of sp³-hybridized carbons (Fsp3) is 0.273. The van der Waals surface area contributed by atoms with Crippen molar-refractivity contribution in [3.8, 4) is 16.3 Å². The second-order valence-electron chi connectivity index (χ2n) is 7.07. The van der Waals surface area contributed by atoms with Gasteiger partial charge in [-0.3, -0.25) is 4.79 Å². The van der Waals surface area contributed by atoms with E-state index in [1.807, 2.05) is 36.6 Å². The first-order valence-electron chi connectivity index (χ1n) is 9.72. The highest BCUT2D eigenvalue weighted by Crippen LogP contribution is 2.32. The van der Waals surface area contributed by atoms with Gasteiger partial charge in [0.2, 0.25) is 15.9 Å². The van der Waals surface area contributed by atoms with Gasteiger partial charge in [0, 0.05) is 25.2 Å². The molecule has 1 amide bonds. The molecule has 0 atom stereocenters. The van der Waals surface area contributed by atoms with Gasteiger partial charge in [0.1, 0.15) is 10.8 Å². The lowest BCUT2D eigenvalue weighted by molar-refractivity contribution is -0.115. The zero-order chi connectivity index (χ0) is 22.6. The minimum absolute atomic E-state index is 0.0803. The maximum absolute atomic E-state index is 12.5. The summed E-state index contributed by atoms with van der Waals surface area (Å²) in [6.07, 6.45) is 0.0803. The molecule has 0 aliphatic carbocycles. The zero-order valence-corrected chi connectivity index (χ0v) is 19.5. The van der Waals surface area contributed by atoms with Crippen LogP contribution in [-0.2, 0) is 21.2 Å². The Balaban J connectivity index is 1.75. The Morgan fingerprint density at radius 1 is 1.19 bits per heavy atom. The minimum Gasteiger partial charge on any atom is -0.493 e. The largest absolute Gasteiger partial charge is 0.493 e. The average Bonchev–Trinajstić information content (AvgIpc) is 3.18. The van der Waals surface area contributed by atoms with Crippen molar-refractivity contribution in [2.75, 3.05) is 26.0 Å². The van der Waals surface area contributed by atoms with Crippen LogP contribution in [0.5, 0.6) is 5.75 Å². The molecule has 2 aromatic carbocycles. The quantitative estimate of drug-likeness (QED) is 0.551. The van der Waals surface area contributed by atoms with Crippen molar-refractivity contribution in [1.82, 2.24) is 9.29 Å². The number of hydrogen-bond acceptors (Lipinski definition) is 6. The first kappa shape index (κ1) is 22.9. The summed E-state index contributed by atoms with van der Waals surface area (Å²) in [4.78, 5) is 17.3. The number of aromatic nitrogens is 1. The number of thiazole rings is 1. The van der Waals surface area contributed by atoms with Gasteiger partial charge < -0.3 is 10.1 Å². The number of sulfonamides is 1. The summed E-state index contributed by atoms with van der Waals surface area (Å²) in [5, 5.41) is 5.39. The third-order valence-corrected chi connectivity index (χ3v) is 7.42. The van der Waals surface area contributed by atoms with E-state index in [2.05, 4.69) is 10.3 Å². The number of carbonyl (C=O) groups is 1. The van der Waals surface area contributed by atoms with Crippen LogP contribution < -0.4 is 10.1 Å². The number of ether oxygens (including phenoxy) is 1. The predicted molar refractivity (Wildman–Crippen MR) is 123 cm³/mol. The van der Waals surface area contributed by atoms with Crippen LogP contribution in [0.1, 0.15) is 18.2 Å². The standard InChI is InChI=1S/C22H25N3O4S2/c1-5-29-19-9-7-6-8-18(19)22-24-17(14-30-22)13-21(26)23-16-11-10-15(2)20(12-16)31(27,28)25(3)4/h6-12,14H,5,13H2,1-4H3,(H,23,26). The number of hydrogen-bond donors (Lipinski definition) is 1. The van der Waals surface area contributed by atoms with E-state index >= 15 is 0 Å². The van der Waals surface area contributed by atoms with Crippen LogP contribution in [0, 0.1) is 6.92 Å². The Morgan fingerprint density at radius 2 is 1.94 bits per heavy atom. The number of nitrogens with one attached hydrogen (secondary N) is 1. The Bertz CT molecular complexity index is 1190. The molecular formula is C22H25N3O4S2. The SMILES string of the molecule is CCOc1ccccc1-c1nc(CC(=O)Nc2ccc(C)c(S(=O)(=O)N(C)C)c2)cs1. The van der Waals surface area contributed by atoms with Crippen molar-refractivity contribution in [3.05, 3.63) is 59.1 Å². The lowest BCUT2D eigenvalue weighted by Crippen LogP contribution is -2.23. The van der Waals surface area contributed by atoms with Gasteiger partial charge in [-0.15, -0.1) is 11.3 Å². The van der Waals surface area contributed by atoms with Crippen LogP contribution >= 0.6 is 11.3 Å². The summed E-state index contributed by atoms with van der Waals surface area (Å²) in [7, 11) is -0.650. The highest BCUT2D eigenvalue weighted by molar-refractivity contribution is 7.89. The third-order valence-electron chi connectivity index (χ3n) is 4.54. The minimum atomic E-state index is -3.60. The molecular weight excluding hydrogens is 434 g/mol. The van der Waals surface area contributed by atoms with E-state index in [4.69, 9.17) is 4.74 Å². The number of aryl methyl sites for hydroxylation is 1. The third kappa shape index (κ3) is 5.30. The lowest BCUT2D eigenvalue weighted by Gasteiger charge is -2.15. The summed E-state index contributed by atoms with van der Waals surface area (Å²) in [6, 6.07) is 12.5. The second-order valence-corrected chi connectivity index (χ2v) is 10.0. The number of benzene rings is 2. The predicted octanol–water partition coefficient (Wildman–Crippen LogP) is 3.95. The van der Waals surface area contributed by atoms with Gasteiger partial charge in [-0.05, 0) is 43.7 Å². The van der Waals surface area contributed by atoms with E-state index < -0.39 is 10.0 Å². The van der Waals surface area contributed by atoms with Crippen LogP contribution in [0.3, 0.4) is 0 Å². The van der Waals surface area contributed by atoms with Gasteiger partial charge in [0.15, 0.2) is 0 Å². The molecule has 7 nitrogen and oxygen atoms in total. The Labute approximate surface area is 186 Å². The summed E-state index contributed by atoms with van der Waals surface area (Å²) in [6.45, 7) is 4.20. The van der Waals surface area contributed by atoms with Crippen molar-refractivity contribution in [2.45, 2.75) is 25.2 Å². The van der Waals surface area contributed by atoms with Crippen molar-refractivity contribution in [2.24, 2.45) is 0 Å². The number of rotatable bonds is 8. The van der Waals surface area contributed by atoms with Crippen LogP contribution in [0.4, 0.5) is 5.69 Å². The van der Waals surface area contributed by atoms with Crippen molar-refractivity contribution in [3.63, 3.8) is 0 Å². The number of para-hydroxylation sites is 1. The molecule has 1 heterocycles. The molecule has 1 aromatic heterocycles. The number of nitrogens with zero attached hydrogens (tertiary/aromatic N) is 2. The normalized spacial score (nSPS) is 11.5. The van der Waals surface area contributed by atoms with Crippen LogP contribution in [0.25, 0.3) is 10.6 Å². The fourth-order valence-electron chi connectivity index (χ4n) is 2.96. The molecule has 0 aliphatic rings. The highest BCUT2D eigenvalue weighted by atomic mass is 32.2. The molecule has 0 saturated heterocycles. The molecule has 0 unspecified atom stereocenters. The molecule has 0 radical (unpaired) electrons. The van der Waals surface area contributed by atoms with E-state index in [-0.39, 0.29) is 17.2 Å². The van der Waals surface area contributed by atoms with Gasteiger partial charge in [0.25, 0.3) is 0 Å². The molecule has 31 heavy (non-hydrogen) atoms. The second kappa shape index (κ2) is 9.59. The molecule has 3 aromatic rings. The van der Waals surface area contributed by atoms with Crippen LogP contribution in [-0.4, -0.2) is 44.3 Å². The van der Waals surface area contributed by atoms with Crippen molar-refractivity contribution >= 4 is 33.0 Å². The van der Waals surface area contributed by atoms with Crippen LogP contribution in [0.2, 0.25) is 0 Å². The average molecular weight is 460 g/mol. The zero-order valence-electron chi connectivity index (χ0n) is 17.9. The topological polar surface area (TPSA) is 88.6 Å².